The fourth-order valence-corrected chi connectivity index (χ4v) is 19.9. The van der Waals surface area contributed by atoms with Crippen LogP contribution < -0.4 is 0 Å². The minimum Gasteiger partial charge on any atom is -0.296 e. The molecule has 0 spiro atoms. The van der Waals surface area contributed by atoms with Gasteiger partial charge in [-0.15, -0.1) is 35.4 Å². The van der Waals surface area contributed by atoms with Gasteiger partial charge >= 0.3 is 0 Å². The number of pyridine rings is 1. The molecular formula is C139H134IrN-. The number of hydrogen-bond donors (Lipinski definition) is 0. The minimum atomic E-state index is -0.0264. The van der Waals surface area contributed by atoms with Gasteiger partial charge in [-0.25, -0.2) is 0 Å². The van der Waals surface area contributed by atoms with Crippen LogP contribution >= 0.6 is 0 Å². The van der Waals surface area contributed by atoms with Crippen LogP contribution in [0.1, 0.15) is 222 Å². The van der Waals surface area contributed by atoms with Crippen molar-refractivity contribution in [2.45, 2.75) is 209 Å². The zero-order valence-corrected chi connectivity index (χ0v) is 89.5. The van der Waals surface area contributed by atoms with Gasteiger partial charge in [-0.05, 0) is 399 Å². The van der Waals surface area contributed by atoms with Crippen LogP contribution in [0, 0.1) is 6.07 Å². The van der Waals surface area contributed by atoms with Crippen LogP contribution in [0.3, 0.4) is 0 Å². The Kier molecular flexibility index (Phi) is 26.0. The van der Waals surface area contributed by atoms with Crippen molar-refractivity contribution in [2.75, 3.05) is 0 Å². The summed E-state index contributed by atoms with van der Waals surface area (Å²) in [5, 5.41) is 1.19. The SMILES string of the molecule is CC(C)(C)c1ccc(-c2cc(-c3ccc(C(C)(C)C)cc3)cc(-c3cc(-c4cc(-c5ccc(C(C)(C)C)cc5)cc(-c5ccc(C(C)(C)C)cc5)c4)cc(-c4cc(-c5cc[c-]c(-c6cc7c8c(cccc8n6)C=C7)c5)cc(-c5cc(-c6cc(-c7ccc(C(C)(C)C)cc7)cc(-c7ccc(C(C)(C)C)cc7)c6)cc(-c6cc(-c7ccc(C(C)(C)C)cc7)cc(-c7ccc(C(C)(C)C)cc7)c6)c5)c4)c3)c2)cc1.[Ir]. The Bertz CT molecular complexity index is 6710. The molecule has 0 amide bonds. The summed E-state index contributed by atoms with van der Waals surface area (Å²) in [5.74, 6) is 0. The maximum Gasteiger partial charge on any atom is 0.0607 e. The zero-order chi connectivity index (χ0) is 98.7. The van der Waals surface area contributed by atoms with E-state index in [9.17, 15) is 0 Å². The molecule has 0 aliphatic heterocycles. The Morgan fingerprint density at radius 1 is 0.163 bits per heavy atom. The van der Waals surface area contributed by atoms with Crippen molar-refractivity contribution in [3.8, 4) is 178 Å². The van der Waals surface area contributed by atoms with Crippen molar-refractivity contribution in [1.82, 2.24) is 4.98 Å². The van der Waals surface area contributed by atoms with Gasteiger partial charge in [-0.2, -0.15) is 0 Å². The van der Waals surface area contributed by atoms with E-state index in [1.165, 1.54) is 106 Å². The predicted octanol–water partition coefficient (Wildman–Crippen LogP) is 39.6. The number of benzene rings is 17. The Morgan fingerprint density at radius 3 is 0.518 bits per heavy atom. The van der Waals surface area contributed by atoms with Crippen molar-refractivity contribution in [3.63, 3.8) is 0 Å². The van der Waals surface area contributed by atoms with E-state index in [1.807, 2.05) is 0 Å². The molecule has 0 atom stereocenters. The molecule has 141 heavy (non-hydrogen) atoms. The predicted molar refractivity (Wildman–Crippen MR) is 606 cm³/mol. The molecule has 1 nitrogen and oxygen atoms in total. The molecule has 1 aliphatic carbocycles. The summed E-state index contributed by atoms with van der Waals surface area (Å²) in [6.07, 6.45) is 4.46. The Labute approximate surface area is 854 Å². The van der Waals surface area contributed by atoms with Gasteiger partial charge in [0.15, 0.2) is 0 Å². The average molecular weight is 2010 g/mol. The summed E-state index contributed by atoms with van der Waals surface area (Å²) in [4.78, 5) is 5.47. The third-order valence-electron chi connectivity index (χ3n) is 29.0. The largest absolute Gasteiger partial charge is 0.296 e. The molecule has 18 aromatic rings. The molecule has 19 rings (SSSR count). The molecule has 0 N–H and O–H groups in total. The van der Waals surface area contributed by atoms with E-state index in [-0.39, 0.29) is 63.4 Å². The van der Waals surface area contributed by atoms with E-state index in [1.54, 1.807) is 0 Å². The first kappa shape index (κ1) is 97.8. The molecule has 17 aromatic carbocycles. The summed E-state index contributed by atoms with van der Waals surface area (Å²) in [6.45, 7) is 55.3. The van der Waals surface area contributed by atoms with Gasteiger partial charge < -0.3 is 0 Å². The van der Waals surface area contributed by atoms with Gasteiger partial charge in [0, 0.05) is 25.5 Å². The van der Waals surface area contributed by atoms with Crippen molar-refractivity contribution < 1.29 is 20.1 Å². The number of nitrogens with zero attached hydrogens (tertiary/aromatic N) is 1. The average Bonchev–Trinajstić information content (AvgIpc) is 1.63. The van der Waals surface area contributed by atoms with E-state index >= 15 is 0 Å². The minimum absolute atomic E-state index is 0. The summed E-state index contributed by atoms with van der Waals surface area (Å²) < 4.78 is 0. The van der Waals surface area contributed by atoms with Gasteiger partial charge in [-0.1, -0.05) is 391 Å². The summed E-state index contributed by atoms with van der Waals surface area (Å²) in [7, 11) is 0. The molecule has 705 valence electrons. The van der Waals surface area contributed by atoms with Crippen molar-refractivity contribution >= 4 is 23.1 Å². The molecule has 0 saturated heterocycles. The second-order valence-corrected chi connectivity index (χ2v) is 47.9. The molecule has 0 bridgehead atoms. The Balaban J connectivity index is 0.0000131. The topological polar surface area (TPSA) is 12.9 Å². The van der Waals surface area contributed by atoms with E-state index < -0.39 is 0 Å². The molecule has 1 radical (unpaired) electrons. The van der Waals surface area contributed by atoms with Crippen LogP contribution in [-0.4, -0.2) is 4.98 Å². The van der Waals surface area contributed by atoms with Crippen LogP contribution in [0.25, 0.3) is 201 Å². The third kappa shape index (κ3) is 21.3. The third-order valence-corrected chi connectivity index (χ3v) is 29.0. The second kappa shape index (κ2) is 37.5. The maximum atomic E-state index is 5.47. The van der Waals surface area contributed by atoms with Gasteiger partial charge in [0.25, 0.3) is 0 Å². The van der Waals surface area contributed by atoms with Crippen molar-refractivity contribution in [3.05, 3.63) is 426 Å². The van der Waals surface area contributed by atoms with Crippen LogP contribution in [0.4, 0.5) is 0 Å². The quantitative estimate of drug-likeness (QED) is 0.0879. The van der Waals surface area contributed by atoms with Gasteiger partial charge in [0.05, 0.1) is 5.52 Å². The van der Waals surface area contributed by atoms with Crippen LogP contribution in [-0.2, 0) is 63.4 Å². The Hall–Kier alpha value is -13.5. The van der Waals surface area contributed by atoms with Gasteiger partial charge in [0.2, 0.25) is 0 Å². The molecule has 0 unspecified atom stereocenters. The smallest absolute Gasteiger partial charge is 0.0607 e. The van der Waals surface area contributed by atoms with Gasteiger partial charge in [0.1, 0.15) is 0 Å². The summed E-state index contributed by atoms with van der Waals surface area (Å²) in [6, 6.07) is 145. The summed E-state index contributed by atoms with van der Waals surface area (Å²) in [5.41, 5.74) is 49.1. The van der Waals surface area contributed by atoms with Crippen LogP contribution in [0.5, 0.6) is 0 Å². The molecular weight excluding hydrogens is 1880 g/mol. The number of aromatic nitrogens is 1. The second-order valence-electron chi connectivity index (χ2n) is 47.9. The molecule has 1 aliphatic rings. The maximum absolute atomic E-state index is 5.47. The molecule has 1 aromatic heterocycles. The van der Waals surface area contributed by atoms with Gasteiger partial charge in [-0.3, -0.25) is 4.98 Å². The first-order chi connectivity index (χ1) is 66.3. The van der Waals surface area contributed by atoms with E-state index in [0.717, 1.165) is 139 Å². The van der Waals surface area contributed by atoms with E-state index in [0.29, 0.717) is 0 Å². The number of hydrogen-bond acceptors (Lipinski definition) is 1. The summed E-state index contributed by atoms with van der Waals surface area (Å²) >= 11 is 0. The molecule has 0 fully saturated rings. The molecule has 2 heteroatoms. The molecule has 0 saturated carbocycles. The first-order valence-corrected chi connectivity index (χ1v) is 50.4. The first-order valence-electron chi connectivity index (χ1n) is 50.4. The fourth-order valence-electron chi connectivity index (χ4n) is 19.9. The van der Waals surface area contributed by atoms with Crippen LogP contribution in [0.15, 0.2) is 364 Å². The zero-order valence-electron chi connectivity index (χ0n) is 87.1. The van der Waals surface area contributed by atoms with Crippen molar-refractivity contribution in [1.29, 1.82) is 0 Å². The van der Waals surface area contributed by atoms with E-state index in [2.05, 4.69) is 548 Å². The standard InChI is InChI=1S/C139H134N.Ir/c1-132(2,3)121-49-33-88(34-50-121)100-66-101(89-35-51-122(52-36-89)133(4,5)6)71-109(70-100)115-81-116(110-72-102(90-37-53-123(54-38-90)134(7,8)9)67-103(73-110)91-39-55-124(56-40-91)135(10,11)12)84-119(83-115)113-78-108(97-28-25-29-98(65-97)130-87-99-32-31-96-27-26-30-129(140-130)131(96)99)79-114(80-113)120-85-117(111-74-104(92-41-57-125(58-42-92)136(13,14)15)68-105(75-111)93-43-59-126(60-44-93)137(16,17)18)82-118(86-120)112-76-106(94-45-61-127(62-46-94)138(19,20)21)69-107(77-112)95-47-63-128(64-48-95)139(22,23)24;/h25-28,30-87H,1-24H3;/q-1;. The Morgan fingerprint density at radius 2 is 0.333 bits per heavy atom. The van der Waals surface area contributed by atoms with Crippen LogP contribution in [0.2, 0.25) is 0 Å². The van der Waals surface area contributed by atoms with Crippen molar-refractivity contribution in [2.24, 2.45) is 0 Å². The normalized spacial score (nSPS) is 12.6. The number of rotatable bonds is 16. The molecule has 1 heterocycles. The fraction of sp³-hybridized carbons (Fsp3) is 0.230. The monoisotopic (exact) mass is 2010 g/mol. The van der Waals surface area contributed by atoms with E-state index in [4.69, 9.17) is 4.98 Å².